The van der Waals surface area contributed by atoms with Crippen LogP contribution in [0.15, 0.2) is 36.4 Å². The summed E-state index contributed by atoms with van der Waals surface area (Å²) in [7, 11) is 1.90. The second-order valence-electron chi connectivity index (χ2n) is 8.51. The average molecular weight is 430 g/mol. The van der Waals surface area contributed by atoms with E-state index >= 15 is 0 Å². The third kappa shape index (κ3) is 3.54. The second-order valence-corrected chi connectivity index (χ2v) is 8.51. The zero-order valence-corrected chi connectivity index (χ0v) is 18.3. The van der Waals surface area contributed by atoms with Gasteiger partial charge >= 0.3 is 0 Å². The van der Waals surface area contributed by atoms with E-state index in [0.29, 0.717) is 30.1 Å². The molecule has 0 saturated carbocycles. The standard InChI is InChI=1S/C24H27N7O/c1-14-15(10-25)4-3-5-19(14)23(26)28-24-21-9-16(31-12-18-8-17(31)13-32-18)6-7-20(21)22(11-27-2)29-30-24/h3-7,9,17-18,23,27H,8,11-13,26H2,1-2H3,(H,28,30)/t17-,18-,23+/m1/s1. The Balaban J connectivity index is 1.54. The fourth-order valence-electron chi connectivity index (χ4n) is 4.83. The molecule has 5 rings (SSSR count). The number of hydrogen-bond acceptors (Lipinski definition) is 8. The lowest BCUT2D eigenvalue weighted by Crippen LogP contribution is -2.36. The lowest BCUT2D eigenvalue weighted by atomic mass is 10.0. The van der Waals surface area contributed by atoms with Crippen LogP contribution in [0.1, 0.15) is 35.0 Å². The van der Waals surface area contributed by atoms with Crippen molar-refractivity contribution in [1.82, 2.24) is 15.5 Å². The average Bonchev–Trinajstić information content (AvgIpc) is 3.44. The van der Waals surface area contributed by atoms with Gasteiger partial charge in [-0.2, -0.15) is 10.4 Å². The number of ether oxygens (including phenoxy) is 1. The molecule has 3 aromatic rings. The van der Waals surface area contributed by atoms with Crippen LogP contribution in [0.4, 0.5) is 11.5 Å². The van der Waals surface area contributed by atoms with Crippen molar-refractivity contribution in [2.24, 2.45) is 5.73 Å². The van der Waals surface area contributed by atoms with Crippen molar-refractivity contribution in [3.05, 3.63) is 58.8 Å². The highest BCUT2D eigenvalue weighted by atomic mass is 16.5. The van der Waals surface area contributed by atoms with Crippen molar-refractivity contribution in [3.63, 3.8) is 0 Å². The van der Waals surface area contributed by atoms with Gasteiger partial charge in [-0.1, -0.05) is 18.2 Å². The van der Waals surface area contributed by atoms with E-state index in [9.17, 15) is 5.26 Å². The van der Waals surface area contributed by atoms with Crippen molar-refractivity contribution in [1.29, 1.82) is 5.26 Å². The highest BCUT2D eigenvalue weighted by Crippen LogP contribution is 2.36. The van der Waals surface area contributed by atoms with Crippen LogP contribution in [0.2, 0.25) is 0 Å². The van der Waals surface area contributed by atoms with Gasteiger partial charge in [0.15, 0.2) is 5.82 Å². The Morgan fingerprint density at radius 3 is 2.88 bits per heavy atom. The van der Waals surface area contributed by atoms with Crippen molar-refractivity contribution in [2.45, 2.75) is 38.2 Å². The molecule has 1 aromatic heterocycles. The van der Waals surface area contributed by atoms with Crippen molar-refractivity contribution in [3.8, 4) is 6.07 Å². The third-order valence-corrected chi connectivity index (χ3v) is 6.54. The van der Waals surface area contributed by atoms with Gasteiger partial charge in [0, 0.05) is 29.5 Å². The summed E-state index contributed by atoms with van der Waals surface area (Å²) in [5.41, 5.74) is 10.9. The number of nitriles is 1. The number of benzene rings is 2. The predicted octanol–water partition coefficient (Wildman–Crippen LogP) is 2.58. The van der Waals surface area contributed by atoms with E-state index in [4.69, 9.17) is 10.5 Å². The summed E-state index contributed by atoms with van der Waals surface area (Å²) in [6.45, 7) is 4.24. The molecule has 32 heavy (non-hydrogen) atoms. The smallest absolute Gasteiger partial charge is 0.158 e. The molecule has 0 aliphatic carbocycles. The van der Waals surface area contributed by atoms with Gasteiger partial charge in [0.1, 0.15) is 6.17 Å². The van der Waals surface area contributed by atoms with Crippen molar-refractivity contribution < 1.29 is 4.74 Å². The van der Waals surface area contributed by atoms with Gasteiger partial charge in [0.25, 0.3) is 0 Å². The minimum absolute atomic E-state index is 0.326. The van der Waals surface area contributed by atoms with Gasteiger partial charge < -0.3 is 26.0 Å². The monoisotopic (exact) mass is 429 g/mol. The van der Waals surface area contributed by atoms with Crippen LogP contribution in [0.25, 0.3) is 10.8 Å². The van der Waals surface area contributed by atoms with E-state index in [-0.39, 0.29) is 0 Å². The van der Waals surface area contributed by atoms with Gasteiger partial charge in [-0.3, -0.25) is 0 Å². The van der Waals surface area contributed by atoms with Crippen molar-refractivity contribution in [2.75, 3.05) is 30.4 Å². The number of rotatable bonds is 6. The first-order chi connectivity index (χ1) is 15.6. The molecule has 2 saturated heterocycles. The van der Waals surface area contributed by atoms with Crippen LogP contribution < -0.4 is 21.3 Å². The molecule has 2 bridgehead atoms. The summed E-state index contributed by atoms with van der Waals surface area (Å²) >= 11 is 0. The largest absolute Gasteiger partial charge is 0.374 e. The summed E-state index contributed by atoms with van der Waals surface area (Å²) in [6.07, 6.45) is 0.894. The first kappa shape index (κ1) is 20.6. The maximum Gasteiger partial charge on any atom is 0.158 e. The van der Waals surface area contributed by atoms with Gasteiger partial charge in [-0.15, -0.1) is 5.10 Å². The first-order valence-electron chi connectivity index (χ1n) is 10.9. The number of fused-ring (bicyclic) bond motifs is 3. The molecule has 8 nitrogen and oxygen atoms in total. The zero-order chi connectivity index (χ0) is 22.2. The number of hydrogen-bond donors (Lipinski definition) is 3. The van der Waals surface area contributed by atoms with Crippen molar-refractivity contribution >= 4 is 22.3 Å². The molecule has 8 heteroatoms. The van der Waals surface area contributed by atoms with Gasteiger partial charge in [-0.05, 0) is 49.7 Å². The summed E-state index contributed by atoms with van der Waals surface area (Å²) < 4.78 is 5.77. The topological polar surface area (TPSA) is 112 Å². The van der Waals surface area contributed by atoms with Crippen LogP contribution in [0.5, 0.6) is 0 Å². The molecular weight excluding hydrogens is 402 g/mol. The van der Waals surface area contributed by atoms with Crippen LogP contribution in [0, 0.1) is 18.3 Å². The molecule has 4 N–H and O–H groups in total. The first-order valence-corrected chi connectivity index (χ1v) is 10.9. The summed E-state index contributed by atoms with van der Waals surface area (Å²) in [6, 6.07) is 14.7. The molecule has 2 aliphatic rings. The van der Waals surface area contributed by atoms with E-state index in [2.05, 4.69) is 50.0 Å². The van der Waals surface area contributed by atoms with Crippen LogP contribution >= 0.6 is 0 Å². The minimum atomic E-state index is -0.518. The molecule has 164 valence electrons. The Hall–Kier alpha value is -3.25. The highest BCUT2D eigenvalue weighted by molar-refractivity contribution is 5.95. The molecule has 0 radical (unpaired) electrons. The molecule has 0 spiro atoms. The fraction of sp³-hybridized carbons (Fsp3) is 0.375. The molecular formula is C24H27N7O. The van der Waals surface area contributed by atoms with Gasteiger partial charge in [0.05, 0.1) is 36.1 Å². The normalized spacial score (nSPS) is 20.5. The lowest BCUT2D eigenvalue weighted by molar-refractivity contribution is 0.0991. The number of nitrogens with two attached hydrogens (primary N) is 1. The minimum Gasteiger partial charge on any atom is -0.374 e. The molecule has 2 fully saturated rings. The number of nitrogens with one attached hydrogen (secondary N) is 2. The van der Waals surface area contributed by atoms with Crippen LogP contribution in [0.3, 0.4) is 0 Å². The van der Waals surface area contributed by atoms with E-state index in [1.165, 1.54) is 0 Å². The maximum atomic E-state index is 9.36. The van der Waals surface area contributed by atoms with Gasteiger partial charge in [0.2, 0.25) is 0 Å². The SMILES string of the molecule is CNCc1nnc(N[C@H](N)c2cccc(C#N)c2C)c2cc(N3C[C@H]4C[C@@H]3CO4)ccc12. The molecule has 3 atom stereocenters. The molecule has 0 unspecified atom stereocenters. The molecule has 3 heterocycles. The molecule has 2 aliphatic heterocycles. The van der Waals surface area contributed by atoms with E-state index in [1.807, 2.05) is 26.1 Å². The quantitative estimate of drug-likeness (QED) is 0.513. The predicted molar refractivity (Wildman–Crippen MR) is 124 cm³/mol. The Labute approximate surface area is 187 Å². The Morgan fingerprint density at radius 1 is 1.28 bits per heavy atom. The maximum absolute atomic E-state index is 9.36. The van der Waals surface area contributed by atoms with E-state index in [1.54, 1.807) is 6.07 Å². The Kier molecular flexibility index (Phi) is 5.39. The van der Waals surface area contributed by atoms with Gasteiger partial charge in [-0.25, -0.2) is 0 Å². The number of aromatic nitrogens is 2. The number of anilines is 2. The van der Waals surface area contributed by atoms with E-state index < -0.39 is 6.17 Å². The number of nitrogens with zero attached hydrogens (tertiary/aromatic N) is 4. The Morgan fingerprint density at radius 2 is 2.16 bits per heavy atom. The van der Waals surface area contributed by atoms with Crippen LogP contribution in [-0.2, 0) is 11.3 Å². The summed E-state index contributed by atoms with van der Waals surface area (Å²) in [4.78, 5) is 2.43. The fourth-order valence-corrected chi connectivity index (χ4v) is 4.83. The highest BCUT2D eigenvalue weighted by Gasteiger charge is 2.39. The van der Waals surface area contributed by atoms with Crippen LogP contribution in [-0.4, -0.2) is 42.5 Å². The summed E-state index contributed by atoms with van der Waals surface area (Å²) in [5.74, 6) is 0.636. The lowest BCUT2D eigenvalue weighted by Gasteiger charge is -2.29. The zero-order valence-electron chi connectivity index (χ0n) is 18.3. The second kappa shape index (κ2) is 8.36. The molecule has 0 amide bonds. The molecule has 2 aromatic carbocycles. The third-order valence-electron chi connectivity index (χ3n) is 6.54. The summed E-state index contributed by atoms with van der Waals surface area (Å²) in [5, 5.41) is 26.8. The van der Waals surface area contributed by atoms with E-state index in [0.717, 1.165) is 52.9 Å². The Bertz CT molecular complexity index is 1200. The number of morpholine rings is 1.